The summed E-state index contributed by atoms with van der Waals surface area (Å²) in [6, 6.07) is 0.349. The molecule has 5 nitrogen and oxygen atoms in total. The van der Waals surface area contributed by atoms with Gasteiger partial charge >= 0.3 is 0 Å². The number of hydrogen-bond acceptors (Lipinski definition) is 5. The molecule has 0 bridgehead atoms. The number of thioether (sulfide) groups is 1. The van der Waals surface area contributed by atoms with E-state index in [2.05, 4.69) is 28.9 Å². The maximum atomic E-state index is 8.95. The third kappa shape index (κ3) is 10.1. The summed E-state index contributed by atoms with van der Waals surface area (Å²) in [4.78, 5) is 8.25. The topological polar surface area (TPSA) is 83.0 Å². The maximum Gasteiger partial charge on any atom is 0.155 e. The lowest BCUT2D eigenvalue weighted by Crippen LogP contribution is -2.37. The summed E-state index contributed by atoms with van der Waals surface area (Å²) in [5, 5.41) is 12.6. The molecule has 1 saturated carbocycles. The van der Waals surface area contributed by atoms with Gasteiger partial charge in [-0.2, -0.15) is 0 Å². The molecule has 1 aliphatic carbocycles. The van der Waals surface area contributed by atoms with Gasteiger partial charge in [0.25, 0.3) is 0 Å². The quantitative estimate of drug-likeness (QED) is 0.227. The predicted octanol–water partition coefficient (Wildman–Crippen LogP) is 4.11. The van der Waals surface area contributed by atoms with Crippen LogP contribution in [0.3, 0.4) is 0 Å². The van der Waals surface area contributed by atoms with Crippen LogP contribution in [0.2, 0.25) is 0 Å². The van der Waals surface area contributed by atoms with E-state index in [0.29, 0.717) is 29.4 Å². The average Bonchev–Trinajstić information content (AvgIpc) is 3.10. The van der Waals surface area contributed by atoms with Gasteiger partial charge in [-0.25, -0.2) is 0 Å². The number of amidine groups is 1. The van der Waals surface area contributed by atoms with Gasteiger partial charge in [-0.15, -0.1) is 11.8 Å². The highest BCUT2D eigenvalue weighted by molar-refractivity contribution is 7.99. The van der Waals surface area contributed by atoms with E-state index in [-0.39, 0.29) is 11.8 Å². The Balaban J connectivity index is 0.00000277. The molecule has 0 aromatic rings. The second-order valence-corrected chi connectivity index (χ2v) is 7.23. The second kappa shape index (κ2) is 15.5. The van der Waals surface area contributed by atoms with Crippen LogP contribution in [0.5, 0.6) is 0 Å². The smallest absolute Gasteiger partial charge is 0.155 e. The minimum Gasteiger partial charge on any atom is -0.396 e. The molecule has 146 valence electrons. The molecule has 0 spiro atoms. The molecule has 0 saturated heterocycles. The highest BCUT2D eigenvalue weighted by atomic mass is 35.5. The van der Waals surface area contributed by atoms with E-state index < -0.39 is 0 Å². The van der Waals surface area contributed by atoms with E-state index in [1.807, 2.05) is 13.8 Å². The molecule has 0 heterocycles. The van der Waals surface area contributed by atoms with Crippen molar-refractivity contribution in [1.29, 1.82) is 0 Å². The van der Waals surface area contributed by atoms with Gasteiger partial charge in [-0.05, 0) is 56.9 Å². The molecule has 2 atom stereocenters. The summed E-state index contributed by atoms with van der Waals surface area (Å²) < 4.78 is 0. The van der Waals surface area contributed by atoms with E-state index >= 15 is 0 Å². The number of rotatable bonds is 10. The molecule has 0 aromatic carbocycles. The van der Waals surface area contributed by atoms with Crippen molar-refractivity contribution in [2.45, 2.75) is 65.3 Å². The number of aliphatic imine (C=N–C) groups is 2. The molecular weight excluding hydrogens is 356 g/mol. The van der Waals surface area contributed by atoms with Gasteiger partial charge in [0.15, 0.2) is 5.16 Å². The van der Waals surface area contributed by atoms with Crippen molar-refractivity contribution in [1.82, 2.24) is 5.32 Å². The SMILES string of the molecule is C=N/C(Cl)=C(N)\C(=N/CSCCC)NC1CCC(CCCO)C1.CC. The van der Waals surface area contributed by atoms with Crippen molar-refractivity contribution in [3.63, 3.8) is 0 Å². The van der Waals surface area contributed by atoms with Gasteiger partial charge in [0.2, 0.25) is 0 Å². The van der Waals surface area contributed by atoms with Crippen molar-refractivity contribution >= 4 is 35.9 Å². The van der Waals surface area contributed by atoms with E-state index in [9.17, 15) is 0 Å². The summed E-state index contributed by atoms with van der Waals surface area (Å²) in [5.41, 5.74) is 6.42. The van der Waals surface area contributed by atoms with Crippen LogP contribution in [0.1, 0.15) is 59.3 Å². The Morgan fingerprint density at radius 2 is 2.12 bits per heavy atom. The minimum atomic E-state index is 0.187. The molecule has 2 unspecified atom stereocenters. The fourth-order valence-corrected chi connectivity index (χ4v) is 3.48. The standard InChI is InChI=1S/C16H29ClN4OS.C2H6/c1-3-9-23-11-20-16(14(18)15(17)19-2)21-13-7-6-12(10-13)5-4-8-22;1-2/h12-13,22H,2-11,18H2,1H3,(H,20,21);1-2H3/b15-14+;. The molecular formula is C18H35ClN4OS. The number of halogens is 1. The van der Waals surface area contributed by atoms with Crippen LogP contribution in [-0.4, -0.2) is 41.9 Å². The summed E-state index contributed by atoms with van der Waals surface area (Å²) in [7, 11) is 0. The van der Waals surface area contributed by atoms with Crippen molar-refractivity contribution in [3.05, 3.63) is 10.9 Å². The first kappa shape index (κ1) is 24.3. The zero-order chi connectivity index (χ0) is 19.1. The van der Waals surface area contributed by atoms with Crippen LogP contribution in [-0.2, 0) is 0 Å². The monoisotopic (exact) mass is 390 g/mol. The van der Waals surface area contributed by atoms with Crippen molar-refractivity contribution < 1.29 is 5.11 Å². The number of nitrogens with two attached hydrogens (primary N) is 1. The Labute approximate surface area is 162 Å². The molecule has 7 heteroatoms. The normalized spacial score (nSPS) is 21.2. The molecule has 0 amide bonds. The van der Waals surface area contributed by atoms with Crippen molar-refractivity contribution in [3.8, 4) is 0 Å². The average molecular weight is 391 g/mol. The first-order valence-corrected chi connectivity index (χ1v) is 10.8. The van der Waals surface area contributed by atoms with Crippen LogP contribution >= 0.6 is 23.4 Å². The van der Waals surface area contributed by atoms with E-state index in [4.69, 9.17) is 22.4 Å². The zero-order valence-electron chi connectivity index (χ0n) is 15.9. The lowest BCUT2D eigenvalue weighted by Gasteiger charge is -2.17. The summed E-state index contributed by atoms with van der Waals surface area (Å²) in [5.74, 6) is 3.01. The van der Waals surface area contributed by atoms with Crippen molar-refractivity contribution in [2.75, 3.05) is 18.2 Å². The van der Waals surface area contributed by atoms with Crippen LogP contribution < -0.4 is 11.1 Å². The first-order valence-electron chi connectivity index (χ1n) is 9.24. The molecule has 4 N–H and O–H groups in total. The lowest BCUT2D eigenvalue weighted by atomic mass is 10.0. The fourth-order valence-electron chi connectivity index (χ4n) is 2.75. The third-order valence-electron chi connectivity index (χ3n) is 3.93. The zero-order valence-corrected chi connectivity index (χ0v) is 17.5. The van der Waals surface area contributed by atoms with E-state index in [0.717, 1.165) is 37.9 Å². The fraction of sp³-hybridized carbons (Fsp3) is 0.778. The molecule has 1 fully saturated rings. The van der Waals surface area contributed by atoms with Crippen LogP contribution in [0, 0.1) is 5.92 Å². The molecule has 0 radical (unpaired) electrons. The van der Waals surface area contributed by atoms with Crippen molar-refractivity contribution in [2.24, 2.45) is 21.6 Å². The van der Waals surface area contributed by atoms with Gasteiger partial charge in [0, 0.05) is 12.6 Å². The minimum absolute atomic E-state index is 0.187. The highest BCUT2D eigenvalue weighted by Crippen LogP contribution is 2.29. The number of aliphatic hydroxyl groups is 1. The van der Waals surface area contributed by atoms with E-state index in [1.54, 1.807) is 11.8 Å². The van der Waals surface area contributed by atoms with Gasteiger partial charge in [-0.1, -0.05) is 32.4 Å². The predicted molar refractivity (Wildman–Crippen MR) is 114 cm³/mol. The third-order valence-corrected chi connectivity index (χ3v) is 5.26. The van der Waals surface area contributed by atoms with Gasteiger partial charge in [-0.3, -0.25) is 9.98 Å². The summed E-state index contributed by atoms with van der Waals surface area (Å²) in [6.07, 6.45) is 6.41. The van der Waals surface area contributed by atoms with Gasteiger partial charge in [0.05, 0.1) is 5.88 Å². The van der Waals surface area contributed by atoms with Crippen LogP contribution in [0.15, 0.2) is 20.8 Å². The number of aliphatic hydroxyl groups excluding tert-OH is 1. The molecule has 0 aromatic heterocycles. The first-order chi connectivity index (χ1) is 12.1. The summed E-state index contributed by atoms with van der Waals surface area (Å²) >= 11 is 7.77. The Morgan fingerprint density at radius 3 is 2.72 bits per heavy atom. The molecule has 0 aliphatic heterocycles. The maximum absolute atomic E-state index is 8.95. The van der Waals surface area contributed by atoms with Crippen LogP contribution in [0.25, 0.3) is 0 Å². The van der Waals surface area contributed by atoms with Gasteiger partial charge in [0.1, 0.15) is 11.5 Å². The largest absolute Gasteiger partial charge is 0.396 e. The number of nitrogens with zero attached hydrogens (tertiary/aromatic N) is 2. The Bertz CT molecular complexity index is 429. The molecule has 1 aliphatic rings. The Morgan fingerprint density at radius 1 is 1.40 bits per heavy atom. The molecule has 1 rings (SSSR count). The summed E-state index contributed by atoms with van der Waals surface area (Å²) in [6.45, 7) is 9.84. The molecule has 25 heavy (non-hydrogen) atoms. The number of nitrogens with one attached hydrogen (secondary N) is 1. The van der Waals surface area contributed by atoms with Crippen LogP contribution in [0.4, 0.5) is 0 Å². The lowest BCUT2D eigenvalue weighted by molar-refractivity contribution is 0.271. The highest BCUT2D eigenvalue weighted by Gasteiger charge is 2.25. The van der Waals surface area contributed by atoms with E-state index in [1.165, 1.54) is 6.42 Å². The van der Waals surface area contributed by atoms with Gasteiger partial charge < -0.3 is 16.2 Å². The number of hydrogen-bond donors (Lipinski definition) is 3. The second-order valence-electron chi connectivity index (χ2n) is 5.79. The Hall–Kier alpha value is -0.720. The Kier molecular flexibility index (Phi) is 15.1.